The van der Waals surface area contributed by atoms with Crippen LogP contribution in [0.1, 0.15) is 29.8 Å². The number of hydrogen-bond donors (Lipinski definition) is 2. The minimum Gasteiger partial charge on any atom is -0.477 e. The fourth-order valence-corrected chi connectivity index (χ4v) is 1.77. The van der Waals surface area contributed by atoms with Gasteiger partial charge in [-0.2, -0.15) is 0 Å². The Morgan fingerprint density at radius 2 is 2.06 bits per heavy atom. The van der Waals surface area contributed by atoms with Gasteiger partial charge in [-0.05, 0) is 25.0 Å². The van der Waals surface area contributed by atoms with Crippen molar-refractivity contribution in [3.05, 3.63) is 24.0 Å². The first kappa shape index (κ1) is 10.9. The highest BCUT2D eigenvalue weighted by Crippen LogP contribution is 2.12. The largest absolute Gasteiger partial charge is 0.477 e. The normalized spacial score (nSPS) is 17.0. The third-order valence-corrected chi connectivity index (χ3v) is 2.63. The molecule has 5 nitrogen and oxygen atoms in total. The minimum absolute atomic E-state index is 0.0733. The molecule has 1 aromatic heterocycles. The maximum atomic E-state index is 10.6. The number of hydrogen-bond acceptors (Lipinski definition) is 4. The molecular weight excluding hydrogens is 206 g/mol. The highest BCUT2D eigenvalue weighted by molar-refractivity contribution is 5.85. The number of piperidine rings is 1. The third kappa shape index (κ3) is 2.70. The van der Waals surface area contributed by atoms with Crippen molar-refractivity contribution in [2.45, 2.75) is 19.3 Å². The topological polar surface area (TPSA) is 65.5 Å². The summed E-state index contributed by atoms with van der Waals surface area (Å²) >= 11 is 0. The zero-order valence-corrected chi connectivity index (χ0v) is 9.02. The number of rotatable bonds is 3. The van der Waals surface area contributed by atoms with Crippen LogP contribution in [0.25, 0.3) is 0 Å². The molecule has 1 aromatic rings. The van der Waals surface area contributed by atoms with E-state index in [4.69, 9.17) is 5.11 Å². The van der Waals surface area contributed by atoms with E-state index in [1.807, 2.05) is 0 Å². The summed E-state index contributed by atoms with van der Waals surface area (Å²) in [4.78, 5) is 14.5. The number of carbonyl (C=O) groups is 1. The van der Waals surface area contributed by atoms with Crippen LogP contribution in [-0.4, -0.2) is 34.2 Å². The average Bonchev–Trinajstić information content (AvgIpc) is 2.31. The first-order valence-corrected chi connectivity index (χ1v) is 5.46. The molecule has 86 valence electrons. The number of aromatic nitrogens is 1. The Kier molecular flexibility index (Phi) is 3.36. The predicted molar refractivity (Wildman–Crippen MR) is 60.2 cm³/mol. The fraction of sp³-hybridized carbons (Fsp3) is 0.455. The number of aromatic carboxylic acids is 1. The van der Waals surface area contributed by atoms with Crippen LogP contribution in [0.3, 0.4) is 0 Å². The van der Waals surface area contributed by atoms with E-state index in [1.54, 1.807) is 12.3 Å². The lowest BCUT2D eigenvalue weighted by atomic mass is 10.2. The van der Waals surface area contributed by atoms with Gasteiger partial charge in [0.25, 0.3) is 0 Å². The summed E-state index contributed by atoms with van der Waals surface area (Å²) in [6.45, 7) is 2.06. The molecular formula is C11H15N3O2. The monoisotopic (exact) mass is 221 g/mol. The maximum Gasteiger partial charge on any atom is 0.354 e. The average molecular weight is 221 g/mol. The van der Waals surface area contributed by atoms with Gasteiger partial charge in [0.05, 0.1) is 11.9 Å². The molecule has 0 aliphatic carbocycles. The molecule has 1 aliphatic heterocycles. The molecule has 0 saturated carbocycles. The van der Waals surface area contributed by atoms with E-state index < -0.39 is 5.97 Å². The van der Waals surface area contributed by atoms with Crippen LogP contribution in [-0.2, 0) is 0 Å². The summed E-state index contributed by atoms with van der Waals surface area (Å²) in [5.74, 6) is -0.996. The van der Waals surface area contributed by atoms with Crippen molar-refractivity contribution in [2.75, 3.05) is 18.5 Å². The third-order valence-electron chi connectivity index (χ3n) is 2.63. The minimum atomic E-state index is -0.996. The van der Waals surface area contributed by atoms with Gasteiger partial charge in [0.1, 0.15) is 5.69 Å². The summed E-state index contributed by atoms with van der Waals surface area (Å²) < 4.78 is 0. The number of carboxylic acid groups (broad SMARTS) is 1. The maximum absolute atomic E-state index is 10.6. The van der Waals surface area contributed by atoms with Crippen LogP contribution in [0.2, 0.25) is 0 Å². The zero-order chi connectivity index (χ0) is 11.4. The lowest BCUT2D eigenvalue weighted by Crippen LogP contribution is -2.34. The Balaban J connectivity index is 1.96. The van der Waals surface area contributed by atoms with E-state index in [-0.39, 0.29) is 5.69 Å². The van der Waals surface area contributed by atoms with Crippen molar-refractivity contribution in [1.82, 2.24) is 9.99 Å². The molecule has 1 fully saturated rings. The molecule has 16 heavy (non-hydrogen) atoms. The van der Waals surface area contributed by atoms with Crippen molar-refractivity contribution in [3.8, 4) is 0 Å². The summed E-state index contributed by atoms with van der Waals surface area (Å²) in [5.41, 5.74) is 4.14. The van der Waals surface area contributed by atoms with Gasteiger partial charge in [-0.25, -0.2) is 14.8 Å². The van der Waals surface area contributed by atoms with Gasteiger partial charge < -0.3 is 10.5 Å². The Bertz CT molecular complexity index is 358. The summed E-state index contributed by atoms with van der Waals surface area (Å²) in [5, 5.41) is 10.8. The van der Waals surface area contributed by atoms with E-state index in [1.165, 1.54) is 25.3 Å². The van der Waals surface area contributed by atoms with E-state index in [0.717, 1.165) is 18.8 Å². The quantitative estimate of drug-likeness (QED) is 0.811. The molecule has 2 rings (SSSR count). The van der Waals surface area contributed by atoms with Crippen LogP contribution < -0.4 is 5.43 Å². The molecule has 0 spiro atoms. The van der Waals surface area contributed by atoms with Crippen LogP contribution >= 0.6 is 0 Å². The highest BCUT2D eigenvalue weighted by Gasteiger charge is 2.10. The molecule has 0 bridgehead atoms. The fourth-order valence-electron chi connectivity index (χ4n) is 1.77. The summed E-state index contributed by atoms with van der Waals surface area (Å²) in [6, 6.07) is 3.25. The molecule has 1 aliphatic rings. The Labute approximate surface area is 94.1 Å². The Hall–Kier alpha value is -1.62. The second kappa shape index (κ2) is 4.94. The van der Waals surface area contributed by atoms with E-state index in [2.05, 4.69) is 15.4 Å². The second-order valence-electron chi connectivity index (χ2n) is 3.90. The number of hydrazine groups is 1. The van der Waals surface area contributed by atoms with Crippen molar-refractivity contribution in [3.63, 3.8) is 0 Å². The van der Waals surface area contributed by atoms with E-state index in [0.29, 0.717) is 0 Å². The van der Waals surface area contributed by atoms with Crippen molar-refractivity contribution in [2.24, 2.45) is 0 Å². The summed E-state index contributed by atoms with van der Waals surface area (Å²) in [6.07, 6.45) is 5.24. The standard InChI is InChI=1S/C11H15N3O2/c15-11(16)10-5-4-9(8-12-10)13-14-6-2-1-3-7-14/h4-5,8,13H,1-3,6-7H2,(H,15,16). The van der Waals surface area contributed by atoms with Gasteiger partial charge >= 0.3 is 5.97 Å². The molecule has 1 saturated heterocycles. The van der Waals surface area contributed by atoms with Gasteiger partial charge in [-0.3, -0.25) is 0 Å². The smallest absolute Gasteiger partial charge is 0.354 e. The zero-order valence-electron chi connectivity index (χ0n) is 9.02. The number of nitrogens with zero attached hydrogens (tertiary/aromatic N) is 2. The Morgan fingerprint density at radius 3 is 2.62 bits per heavy atom. The van der Waals surface area contributed by atoms with Crippen molar-refractivity contribution >= 4 is 11.7 Å². The molecule has 2 N–H and O–H groups in total. The molecule has 0 radical (unpaired) electrons. The van der Waals surface area contributed by atoms with Crippen LogP contribution in [0.15, 0.2) is 18.3 Å². The first-order chi connectivity index (χ1) is 7.75. The number of nitrogens with one attached hydrogen (secondary N) is 1. The molecule has 2 heterocycles. The second-order valence-corrected chi connectivity index (χ2v) is 3.90. The van der Waals surface area contributed by atoms with Crippen LogP contribution in [0.4, 0.5) is 5.69 Å². The SMILES string of the molecule is O=C(O)c1ccc(NN2CCCCC2)cn1. The summed E-state index contributed by atoms with van der Waals surface area (Å²) in [7, 11) is 0. The van der Waals surface area contributed by atoms with E-state index >= 15 is 0 Å². The lowest BCUT2D eigenvalue weighted by Gasteiger charge is -2.27. The van der Waals surface area contributed by atoms with Gasteiger partial charge in [-0.15, -0.1) is 0 Å². The number of pyridine rings is 1. The number of carboxylic acids is 1. The van der Waals surface area contributed by atoms with Gasteiger partial charge in [0, 0.05) is 13.1 Å². The predicted octanol–water partition coefficient (Wildman–Crippen LogP) is 1.59. The Morgan fingerprint density at radius 1 is 1.31 bits per heavy atom. The first-order valence-electron chi connectivity index (χ1n) is 5.46. The van der Waals surface area contributed by atoms with Crippen molar-refractivity contribution < 1.29 is 9.90 Å². The van der Waals surface area contributed by atoms with Gasteiger partial charge in [0.15, 0.2) is 0 Å². The van der Waals surface area contributed by atoms with Crippen molar-refractivity contribution in [1.29, 1.82) is 0 Å². The molecule has 0 amide bonds. The molecule has 0 unspecified atom stereocenters. The van der Waals surface area contributed by atoms with Crippen LogP contribution in [0, 0.1) is 0 Å². The molecule has 0 atom stereocenters. The van der Waals surface area contributed by atoms with Gasteiger partial charge in [0.2, 0.25) is 0 Å². The van der Waals surface area contributed by atoms with Crippen LogP contribution in [0.5, 0.6) is 0 Å². The lowest BCUT2D eigenvalue weighted by molar-refractivity contribution is 0.0690. The highest BCUT2D eigenvalue weighted by atomic mass is 16.4. The van der Waals surface area contributed by atoms with E-state index in [9.17, 15) is 4.79 Å². The van der Waals surface area contributed by atoms with Gasteiger partial charge in [-0.1, -0.05) is 6.42 Å². The molecule has 0 aromatic carbocycles. The molecule has 5 heteroatoms. The number of anilines is 1.